The Bertz CT molecular complexity index is 275. The van der Waals surface area contributed by atoms with Crippen LogP contribution in [-0.2, 0) is 23.9 Å². The van der Waals surface area contributed by atoms with Crippen LogP contribution in [0.4, 0.5) is 0 Å². The molecule has 0 saturated heterocycles. The molecule has 2 atom stereocenters. The zero-order chi connectivity index (χ0) is 14.1. The molecule has 0 radical (unpaired) electrons. The van der Waals surface area contributed by atoms with Gasteiger partial charge in [-0.3, -0.25) is 9.59 Å². The summed E-state index contributed by atoms with van der Waals surface area (Å²) in [6.07, 6.45) is -0.0113. The van der Waals surface area contributed by atoms with Gasteiger partial charge in [0, 0.05) is 6.42 Å². The van der Waals surface area contributed by atoms with Crippen molar-refractivity contribution >= 4 is 17.8 Å². The van der Waals surface area contributed by atoms with E-state index in [-0.39, 0.29) is 25.5 Å². The second kappa shape index (κ2) is 8.49. The first-order chi connectivity index (χ1) is 8.42. The monoisotopic (exact) mass is 259 g/mol. The van der Waals surface area contributed by atoms with E-state index < -0.39 is 23.9 Å². The second-order valence-corrected chi connectivity index (χ2v) is 3.90. The lowest BCUT2D eigenvalue weighted by Crippen LogP contribution is -2.40. The number of esters is 2. The second-order valence-electron chi connectivity index (χ2n) is 3.90. The first-order valence-electron chi connectivity index (χ1n) is 6.04. The van der Waals surface area contributed by atoms with E-state index in [0.29, 0.717) is 0 Å². The molecule has 0 heterocycles. The molecule has 0 aliphatic rings. The molecule has 1 amide bonds. The fourth-order valence-corrected chi connectivity index (χ4v) is 1.27. The van der Waals surface area contributed by atoms with Crippen molar-refractivity contribution in [3.8, 4) is 0 Å². The van der Waals surface area contributed by atoms with Crippen LogP contribution in [0.3, 0.4) is 0 Å². The smallest absolute Gasteiger partial charge is 0.328 e. The Labute approximate surface area is 107 Å². The van der Waals surface area contributed by atoms with E-state index in [1.54, 1.807) is 20.8 Å². The molecule has 6 nitrogen and oxygen atoms in total. The maximum atomic E-state index is 11.6. The topological polar surface area (TPSA) is 81.7 Å². The Kier molecular flexibility index (Phi) is 7.74. The normalized spacial score (nSPS) is 13.3. The highest BCUT2D eigenvalue weighted by Crippen LogP contribution is 2.05. The molecule has 104 valence electrons. The first-order valence-corrected chi connectivity index (χ1v) is 6.04. The van der Waals surface area contributed by atoms with E-state index in [2.05, 4.69) is 5.32 Å². The van der Waals surface area contributed by atoms with E-state index in [9.17, 15) is 14.4 Å². The molecule has 0 aromatic rings. The van der Waals surface area contributed by atoms with Gasteiger partial charge in [-0.2, -0.15) is 0 Å². The van der Waals surface area contributed by atoms with Gasteiger partial charge in [-0.1, -0.05) is 6.92 Å². The van der Waals surface area contributed by atoms with Crippen LogP contribution in [-0.4, -0.2) is 37.1 Å². The van der Waals surface area contributed by atoms with Gasteiger partial charge in [0.1, 0.15) is 6.04 Å². The lowest BCUT2D eigenvalue weighted by atomic mass is 10.1. The minimum atomic E-state index is -0.716. The van der Waals surface area contributed by atoms with Crippen LogP contribution in [0.15, 0.2) is 0 Å². The van der Waals surface area contributed by atoms with Crippen LogP contribution in [0.25, 0.3) is 0 Å². The van der Waals surface area contributed by atoms with Crippen LogP contribution in [0.2, 0.25) is 0 Å². The minimum absolute atomic E-state index is 0.0113. The minimum Gasteiger partial charge on any atom is -0.466 e. The zero-order valence-electron chi connectivity index (χ0n) is 11.3. The average molecular weight is 259 g/mol. The molecule has 6 heteroatoms. The maximum absolute atomic E-state index is 11.6. The molecule has 0 aromatic carbocycles. The molecule has 0 fully saturated rings. The zero-order valence-corrected chi connectivity index (χ0v) is 11.3. The van der Waals surface area contributed by atoms with E-state index in [1.807, 2.05) is 0 Å². The van der Waals surface area contributed by atoms with Gasteiger partial charge in [0.05, 0.1) is 19.1 Å². The summed E-state index contributed by atoms with van der Waals surface area (Å²) in [4.78, 5) is 34.1. The van der Waals surface area contributed by atoms with Gasteiger partial charge >= 0.3 is 11.9 Å². The Balaban J connectivity index is 4.10. The highest BCUT2D eigenvalue weighted by molar-refractivity contribution is 5.86. The molecule has 0 spiro atoms. The Hall–Kier alpha value is -1.59. The van der Waals surface area contributed by atoms with Gasteiger partial charge in [0.25, 0.3) is 0 Å². The quantitative estimate of drug-likeness (QED) is 0.679. The summed E-state index contributed by atoms with van der Waals surface area (Å²) in [6, 6.07) is -0.716. The summed E-state index contributed by atoms with van der Waals surface area (Å²) in [5.41, 5.74) is 0. The van der Waals surface area contributed by atoms with Crippen molar-refractivity contribution in [1.29, 1.82) is 0 Å². The molecule has 0 saturated carbocycles. The Morgan fingerprint density at radius 2 is 1.50 bits per heavy atom. The van der Waals surface area contributed by atoms with E-state index >= 15 is 0 Å². The predicted octanol–water partition coefficient (Wildman–Crippen LogP) is 0.643. The van der Waals surface area contributed by atoms with Gasteiger partial charge in [0.2, 0.25) is 5.91 Å². The molecule has 0 aromatic heterocycles. The lowest BCUT2D eigenvalue weighted by Gasteiger charge is -2.14. The summed E-state index contributed by atoms with van der Waals surface area (Å²) < 4.78 is 9.54. The predicted molar refractivity (Wildman–Crippen MR) is 64.7 cm³/mol. The van der Waals surface area contributed by atoms with Gasteiger partial charge in [-0.05, 0) is 20.8 Å². The van der Waals surface area contributed by atoms with Gasteiger partial charge in [-0.25, -0.2) is 4.79 Å². The number of hydrogen-bond acceptors (Lipinski definition) is 5. The molecule has 1 N–H and O–H groups in total. The van der Waals surface area contributed by atoms with Crippen molar-refractivity contribution in [3.05, 3.63) is 0 Å². The fourth-order valence-electron chi connectivity index (χ4n) is 1.27. The summed E-state index contributed by atoms with van der Waals surface area (Å²) >= 11 is 0. The number of nitrogens with one attached hydrogen (secondary N) is 1. The lowest BCUT2D eigenvalue weighted by molar-refractivity contribution is -0.149. The number of carbonyl (C=O) groups excluding carboxylic acids is 3. The van der Waals surface area contributed by atoms with Crippen LogP contribution >= 0.6 is 0 Å². The van der Waals surface area contributed by atoms with Crippen molar-refractivity contribution in [2.45, 2.75) is 40.2 Å². The van der Waals surface area contributed by atoms with Gasteiger partial charge in [-0.15, -0.1) is 0 Å². The third kappa shape index (κ3) is 6.22. The molecule has 0 rings (SSSR count). The van der Waals surface area contributed by atoms with Crippen LogP contribution in [0, 0.1) is 5.92 Å². The molecular formula is C12H21NO5. The number of rotatable bonds is 7. The molecular weight excluding hydrogens is 238 g/mol. The largest absolute Gasteiger partial charge is 0.466 e. The number of carbonyl (C=O) groups is 3. The molecule has 0 bridgehead atoms. The van der Waals surface area contributed by atoms with Crippen LogP contribution in [0.1, 0.15) is 34.1 Å². The Morgan fingerprint density at radius 1 is 1.00 bits per heavy atom. The summed E-state index contributed by atoms with van der Waals surface area (Å²) in [6.45, 7) is 7.07. The van der Waals surface area contributed by atoms with Crippen LogP contribution < -0.4 is 5.32 Å². The van der Waals surface area contributed by atoms with E-state index in [1.165, 1.54) is 6.92 Å². The maximum Gasteiger partial charge on any atom is 0.328 e. The third-order valence-corrected chi connectivity index (χ3v) is 2.20. The van der Waals surface area contributed by atoms with E-state index in [0.717, 1.165) is 0 Å². The van der Waals surface area contributed by atoms with Crippen molar-refractivity contribution < 1.29 is 23.9 Å². The number of hydrogen-bond donors (Lipinski definition) is 1. The highest BCUT2D eigenvalue weighted by Gasteiger charge is 2.21. The van der Waals surface area contributed by atoms with Gasteiger partial charge < -0.3 is 14.8 Å². The van der Waals surface area contributed by atoms with Crippen LogP contribution in [0.5, 0.6) is 0 Å². The Morgan fingerprint density at radius 3 is 2.00 bits per heavy atom. The van der Waals surface area contributed by atoms with Crippen molar-refractivity contribution in [3.63, 3.8) is 0 Å². The summed E-state index contributed by atoms with van der Waals surface area (Å²) in [5, 5.41) is 2.47. The number of ether oxygens (including phenoxy) is 2. The fraction of sp³-hybridized carbons (Fsp3) is 0.750. The molecule has 0 aliphatic carbocycles. The van der Waals surface area contributed by atoms with E-state index in [4.69, 9.17) is 9.47 Å². The summed E-state index contributed by atoms with van der Waals surface area (Å²) in [7, 11) is 0. The van der Waals surface area contributed by atoms with Gasteiger partial charge in [0.15, 0.2) is 0 Å². The molecule has 2 unspecified atom stereocenters. The van der Waals surface area contributed by atoms with Crippen molar-refractivity contribution in [1.82, 2.24) is 5.32 Å². The summed E-state index contributed by atoms with van der Waals surface area (Å²) in [5.74, 6) is -1.82. The third-order valence-electron chi connectivity index (χ3n) is 2.20. The number of amides is 1. The first kappa shape index (κ1) is 16.4. The molecule has 0 aliphatic heterocycles. The highest BCUT2D eigenvalue weighted by atomic mass is 16.5. The van der Waals surface area contributed by atoms with Crippen molar-refractivity contribution in [2.24, 2.45) is 5.92 Å². The molecule has 18 heavy (non-hydrogen) atoms. The standard InChI is InChI=1S/C12H21NO5/c1-5-17-11(15)8(3)7-10(14)13-9(4)12(16)18-6-2/h8-9H,5-7H2,1-4H3,(H,13,14). The van der Waals surface area contributed by atoms with Crippen molar-refractivity contribution in [2.75, 3.05) is 13.2 Å². The average Bonchev–Trinajstić information content (AvgIpc) is 2.29. The SMILES string of the molecule is CCOC(=O)C(C)CC(=O)NC(C)C(=O)OCC.